The fourth-order valence-corrected chi connectivity index (χ4v) is 4.06. The molecule has 2 heterocycles. The number of ether oxygens (including phenoxy) is 2. The molecule has 4 rings (SSSR count). The standard InChI is InChI=1S/C24H25N3O5/c1-16-25-20-14-18(8-9-21(20)27(16)19-6-4-3-5-7-19)24(30)32-15-22(28)26-12-10-17(11-13-26)23(29)31-2/h3-9,14,17H,10-13,15H2,1-2H3. The number of carbonyl (C=O) groups is 3. The molecule has 1 aliphatic rings. The van der Waals surface area contributed by atoms with Gasteiger partial charge in [0.1, 0.15) is 5.82 Å². The van der Waals surface area contributed by atoms with Gasteiger partial charge < -0.3 is 14.4 Å². The second kappa shape index (κ2) is 9.21. The predicted molar refractivity (Wildman–Crippen MR) is 117 cm³/mol. The number of methoxy groups -OCH3 is 1. The molecule has 0 radical (unpaired) electrons. The highest BCUT2D eigenvalue weighted by Gasteiger charge is 2.28. The van der Waals surface area contributed by atoms with E-state index in [1.165, 1.54) is 7.11 Å². The largest absolute Gasteiger partial charge is 0.469 e. The van der Waals surface area contributed by atoms with Crippen molar-refractivity contribution < 1.29 is 23.9 Å². The number of imidazole rings is 1. The Morgan fingerprint density at radius 1 is 1.06 bits per heavy atom. The van der Waals surface area contributed by atoms with Gasteiger partial charge in [0, 0.05) is 18.8 Å². The van der Waals surface area contributed by atoms with Gasteiger partial charge in [0.05, 0.1) is 29.6 Å². The average molecular weight is 435 g/mol. The first-order chi connectivity index (χ1) is 15.5. The summed E-state index contributed by atoms with van der Waals surface area (Å²) in [5.41, 5.74) is 2.89. The minimum Gasteiger partial charge on any atom is -0.469 e. The van der Waals surface area contributed by atoms with Gasteiger partial charge in [-0.1, -0.05) is 18.2 Å². The smallest absolute Gasteiger partial charge is 0.338 e. The van der Waals surface area contributed by atoms with Crippen molar-refractivity contribution in [2.45, 2.75) is 19.8 Å². The Labute approximate surface area is 185 Å². The van der Waals surface area contributed by atoms with Crippen molar-refractivity contribution in [3.8, 4) is 5.69 Å². The van der Waals surface area contributed by atoms with E-state index in [2.05, 4.69) is 4.98 Å². The topological polar surface area (TPSA) is 90.7 Å². The SMILES string of the molecule is COC(=O)C1CCN(C(=O)COC(=O)c2ccc3c(c2)nc(C)n3-c2ccccc2)CC1. The number of amides is 1. The number of hydrogen-bond donors (Lipinski definition) is 0. The lowest BCUT2D eigenvalue weighted by Crippen LogP contribution is -2.42. The molecular weight excluding hydrogens is 410 g/mol. The molecule has 166 valence electrons. The number of fused-ring (bicyclic) bond motifs is 1. The third kappa shape index (κ3) is 4.34. The fraction of sp³-hybridized carbons (Fsp3) is 0.333. The lowest BCUT2D eigenvalue weighted by molar-refractivity contribution is -0.149. The zero-order valence-corrected chi connectivity index (χ0v) is 18.1. The number of carbonyl (C=O) groups excluding carboxylic acids is 3. The maximum atomic E-state index is 12.5. The van der Waals surface area contributed by atoms with Crippen molar-refractivity contribution >= 4 is 28.9 Å². The minimum atomic E-state index is -0.573. The van der Waals surface area contributed by atoms with Gasteiger partial charge in [-0.25, -0.2) is 9.78 Å². The summed E-state index contributed by atoms with van der Waals surface area (Å²) in [6.07, 6.45) is 1.10. The van der Waals surface area contributed by atoms with Crippen LogP contribution in [0.1, 0.15) is 29.0 Å². The van der Waals surface area contributed by atoms with Crippen molar-refractivity contribution in [2.75, 3.05) is 26.8 Å². The number of hydrogen-bond acceptors (Lipinski definition) is 6. The summed E-state index contributed by atoms with van der Waals surface area (Å²) in [4.78, 5) is 42.7. The number of aromatic nitrogens is 2. The number of nitrogens with zero attached hydrogens (tertiary/aromatic N) is 3. The highest BCUT2D eigenvalue weighted by molar-refractivity contribution is 5.95. The van der Waals surface area contributed by atoms with Crippen LogP contribution in [0.5, 0.6) is 0 Å². The Morgan fingerprint density at radius 3 is 2.47 bits per heavy atom. The predicted octanol–water partition coefficient (Wildman–Crippen LogP) is 2.90. The van der Waals surface area contributed by atoms with E-state index in [1.807, 2.05) is 47.9 Å². The van der Waals surface area contributed by atoms with E-state index in [4.69, 9.17) is 9.47 Å². The monoisotopic (exact) mass is 435 g/mol. The van der Waals surface area contributed by atoms with Gasteiger partial charge in [0.2, 0.25) is 0 Å². The van der Waals surface area contributed by atoms with Gasteiger partial charge in [-0.15, -0.1) is 0 Å². The highest BCUT2D eigenvalue weighted by atomic mass is 16.5. The third-order valence-corrected chi connectivity index (χ3v) is 5.78. The summed E-state index contributed by atoms with van der Waals surface area (Å²) in [6.45, 7) is 2.46. The first kappa shape index (κ1) is 21.5. The lowest BCUT2D eigenvalue weighted by atomic mass is 9.97. The van der Waals surface area contributed by atoms with Crippen LogP contribution in [0.3, 0.4) is 0 Å². The molecule has 1 saturated heterocycles. The molecule has 8 heteroatoms. The van der Waals surface area contributed by atoms with Gasteiger partial charge in [0.25, 0.3) is 5.91 Å². The Bertz CT molecular complexity index is 1150. The molecule has 0 unspecified atom stereocenters. The molecule has 1 aliphatic heterocycles. The summed E-state index contributed by atoms with van der Waals surface area (Å²) in [5, 5.41) is 0. The number of benzene rings is 2. The van der Waals surface area contributed by atoms with Crippen LogP contribution >= 0.6 is 0 Å². The van der Waals surface area contributed by atoms with E-state index in [0.717, 1.165) is 17.0 Å². The van der Waals surface area contributed by atoms with Crippen LogP contribution in [-0.2, 0) is 19.1 Å². The Morgan fingerprint density at radius 2 is 1.78 bits per heavy atom. The zero-order chi connectivity index (χ0) is 22.7. The van der Waals surface area contributed by atoms with Crippen molar-refractivity contribution in [2.24, 2.45) is 5.92 Å². The van der Waals surface area contributed by atoms with Crippen LogP contribution in [0, 0.1) is 12.8 Å². The molecule has 8 nitrogen and oxygen atoms in total. The number of aryl methyl sites for hydroxylation is 1. The Balaban J connectivity index is 1.39. The average Bonchev–Trinajstić information content (AvgIpc) is 3.17. The second-order valence-electron chi connectivity index (χ2n) is 7.79. The van der Waals surface area contributed by atoms with Crippen LogP contribution in [0.15, 0.2) is 48.5 Å². The van der Waals surface area contributed by atoms with E-state index in [-0.39, 0.29) is 24.4 Å². The van der Waals surface area contributed by atoms with Gasteiger partial charge in [-0.05, 0) is 50.1 Å². The van der Waals surface area contributed by atoms with E-state index < -0.39 is 5.97 Å². The first-order valence-corrected chi connectivity index (χ1v) is 10.5. The van der Waals surface area contributed by atoms with Gasteiger partial charge in [0.15, 0.2) is 6.61 Å². The van der Waals surface area contributed by atoms with E-state index >= 15 is 0 Å². The van der Waals surface area contributed by atoms with Gasteiger partial charge >= 0.3 is 11.9 Å². The van der Waals surface area contributed by atoms with Crippen molar-refractivity contribution in [1.82, 2.24) is 14.5 Å². The van der Waals surface area contributed by atoms with Gasteiger partial charge in [-0.3, -0.25) is 14.2 Å². The van der Waals surface area contributed by atoms with Crippen LogP contribution in [0.2, 0.25) is 0 Å². The summed E-state index contributed by atoms with van der Waals surface area (Å²) >= 11 is 0. The number of esters is 2. The molecule has 0 saturated carbocycles. The molecule has 0 atom stereocenters. The molecule has 1 amide bonds. The summed E-state index contributed by atoms with van der Waals surface area (Å²) in [6, 6.07) is 15.1. The number of piperidine rings is 1. The van der Waals surface area contributed by atoms with Gasteiger partial charge in [-0.2, -0.15) is 0 Å². The first-order valence-electron chi connectivity index (χ1n) is 10.5. The van der Waals surface area contributed by atoms with Crippen LogP contribution in [-0.4, -0.2) is 59.1 Å². The number of likely N-dealkylation sites (tertiary alicyclic amines) is 1. The van der Waals surface area contributed by atoms with Crippen molar-refractivity contribution in [3.05, 3.63) is 59.9 Å². The maximum absolute atomic E-state index is 12.5. The second-order valence-corrected chi connectivity index (χ2v) is 7.79. The molecule has 1 aromatic heterocycles. The van der Waals surface area contributed by atoms with E-state index in [0.29, 0.717) is 37.0 Å². The summed E-state index contributed by atoms with van der Waals surface area (Å²) < 4.78 is 12.0. The fourth-order valence-electron chi connectivity index (χ4n) is 4.06. The van der Waals surface area contributed by atoms with E-state index in [9.17, 15) is 14.4 Å². The molecule has 3 aromatic rings. The summed E-state index contributed by atoms with van der Waals surface area (Å²) in [7, 11) is 1.37. The van der Waals surface area contributed by atoms with Crippen LogP contribution in [0.4, 0.5) is 0 Å². The highest BCUT2D eigenvalue weighted by Crippen LogP contribution is 2.23. The Kier molecular flexibility index (Phi) is 6.20. The molecule has 0 N–H and O–H groups in total. The van der Waals surface area contributed by atoms with Crippen molar-refractivity contribution in [1.29, 1.82) is 0 Å². The Hall–Kier alpha value is -3.68. The number of rotatable bonds is 5. The molecule has 0 bridgehead atoms. The van der Waals surface area contributed by atoms with Crippen molar-refractivity contribution in [3.63, 3.8) is 0 Å². The molecule has 0 spiro atoms. The van der Waals surface area contributed by atoms with E-state index in [1.54, 1.807) is 17.0 Å². The third-order valence-electron chi connectivity index (χ3n) is 5.78. The lowest BCUT2D eigenvalue weighted by Gasteiger charge is -2.30. The normalized spacial score (nSPS) is 14.4. The molecule has 0 aliphatic carbocycles. The molecule has 32 heavy (non-hydrogen) atoms. The molecule has 2 aromatic carbocycles. The molecular formula is C24H25N3O5. The number of para-hydroxylation sites is 1. The minimum absolute atomic E-state index is 0.183. The van der Waals surface area contributed by atoms with Crippen LogP contribution in [0.25, 0.3) is 16.7 Å². The van der Waals surface area contributed by atoms with Crippen LogP contribution < -0.4 is 0 Å². The summed E-state index contributed by atoms with van der Waals surface area (Å²) in [5.74, 6) is -0.466. The zero-order valence-electron chi connectivity index (χ0n) is 18.1. The molecule has 1 fully saturated rings. The maximum Gasteiger partial charge on any atom is 0.338 e. The quantitative estimate of drug-likeness (QED) is 0.573.